The number of carbonyl (C=O) groups excluding carboxylic acids is 1. The lowest BCUT2D eigenvalue weighted by Gasteiger charge is -2.29. The Morgan fingerprint density at radius 1 is 0.939 bits per heavy atom. The number of hydrogen-bond acceptors (Lipinski definition) is 3. The summed E-state index contributed by atoms with van der Waals surface area (Å²) in [5.41, 5.74) is 4.77. The number of para-hydroxylation sites is 1. The van der Waals surface area contributed by atoms with Crippen LogP contribution in [0.1, 0.15) is 30.4 Å². The molecule has 2 aromatic carbocycles. The first-order chi connectivity index (χ1) is 16.1. The van der Waals surface area contributed by atoms with Gasteiger partial charge in [0.25, 0.3) is 0 Å². The van der Waals surface area contributed by atoms with Crippen molar-refractivity contribution in [2.75, 3.05) is 10.2 Å². The molecule has 2 unspecified atom stereocenters. The van der Waals surface area contributed by atoms with E-state index >= 15 is 0 Å². The summed E-state index contributed by atoms with van der Waals surface area (Å²) < 4.78 is 2.19. The lowest BCUT2D eigenvalue weighted by atomic mass is 10.0. The van der Waals surface area contributed by atoms with E-state index in [0.717, 1.165) is 28.5 Å². The predicted molar refractivity (Wildman–Crippen MR) is 134 cm³/mol. The van der Waals surface area contributed by atoms with E-state index in [1.807, 2.05) is 60.7 Å². The van der Waals surface area contributed by atoms with Gasteiger partial charge in [-0.2, -0.15) is 0 Å². The maximum absolute atomic E-state index is 11.4. The Morgan fingerprint density at radius 2 is 1.70 bits per heavy atom. The summed E-state index contributed by atoms with van der Waals surface area (Å²) >= 11 is 5.82. The first-order valence-corrected chi connectivity index (χ1v) is 11.1. The number of benzene rings is 2. The molecule has 0 saturated carbocycles. The van der Waals surface area contributed by atoms with Crippen molar-refractivity contribution in [3.8, 4) is 5.69 Å². The van der Waals surface area contributed by atoms with Crippen LogP contribution in [0.3, 0.4) is 0 Å². The molecule has 1 saturated heterocycles. The molecule has 3 heterocycles. The zero-order valence-electron chi connectivity index (χ0n) is 18.1. The molecule has 2 N–H and O–H groups in total. The number of pyridine rings is 1. The summed E-state index contributed by atoms with van der Waals surface area (Å²) in [6.07, 6.45) is 3.87. The van der Waals surface area contributed by atoms with Gasteiger partial charge >= 0.3 is 0 Å². The molecule has 1 amide bonds. The fraction of sp³-hybridized carbons (Fsp3) is 0.115. The Morgan fingerprint density at radius 3 is 2.39 bits per heavy atom. The van der Waals surface area contributed by atoms with Gasteiger partial charge in [0.15, 0.2) is 5.11 Å². The van der Waals surface area contributed by atoms with E-state index in [9.17, 15) is 4.79 Å². The Labute approximate surface area is 197 Å². The molecular formula is C26H23N5OS. The highest BCUT2D eigenvalue weighted by molar-refractivity contribution is 7.80. The third-order valence-corrected chi connectivity index (χ3v) is 6.00. The van der Waals surface area contributed by atoms with Gasteiger partial charge < -0.3 is 20.1 Å². The average molecular weight is 454 g/mol. The van der Waals surface area contributed by atoms with E-state index in [1.165, 1.54) is 6.92 Å². The number of nitrogens with one attached hydrogen (secondary N) is 2. The molecule has 5 rings (SSSR count). The van der Waals surface area contributed by atoms with E-state index in [4.69, 9.17) is 12.2 Å². The first-order valence-electron chi connectivity index (χ1n) is 10.7. The molecule has 33 heavy (non-hydrogen) atoms. The number of carbonyl (C=O) groups is 1. The van der Waals surface area contributed by atoms with Crippen molar-refractivity contribution >= 4 is 34.6 Å². The van der Waals surface area contributed by atoms with Crippen LogP contribution in [0.4, 0.5) is 11.4 Å². The number of anilines is 2. The maximum Gasteiger partial charge on any atom is 0.221 e. The van der Waals surface area contributed by atoms with Gasteiger partial charge in [-0.1, -0.05) is 24.3 Å². The molecule has 0 spiro atoms. The van der Waals surface area contributed by atoms with Crippen LogP contribution >= 0.6 is 12.2 Å². The van der Waals surface area contributed by atoms with Gasteiger partial charge in [0, 0.05) is 42.1 Å². The maximum atomic E-state index is 11.4. The minimum absolute atomic E-state index is 0.102. The van der Waals surface area contributed by atoms with Crippen molar-refractivity contribution < 1.29 is 4.79 Å². The summed E-state index contributed by atoms with van der Waals surface area (Å²) in [5, 5.41) is 6.94. The van der Waals surface area contributed by atoms with Crippen molar-refractivity contribution in [3.05, 3.63) is 109 Å². The lowest BCUT2D eigenvalue weighted by molar-refractivity contribution is -0.114. The van der Waals surface area contributed by atoms with Crippen molar-refractivity contribution in [1.82, 2.24) is 14.9 Å². The first kappa shape index (κ1) is 20.9. The molecular weight excluding hydrogens is 430 g/mol. The third kappa shape index (κ3) is 4.10. The molecule has 1 fully saturated rings. The quantitative estimate of drug-likeness (QED) is 0.416. The van der Waals surface area contributed by atoms with Gasteiger partial charge in [0.2, 0.25) is 5.91 Å². The number of nitrogens with zero attached hydrogens (tertiary/aromatic N) is 3. The van der Waals surface area contributed by atoms with E-state index < -0.39 is 0 Å². The van der Waals surface area contributed by atoms with Crippen LogP contribution in [0.2, 0.25) is 0 Å². The molecule has 0 aliphatic carbocycles. The van der Waals surface area contributed by atoms with Crippen LogP contribution in [-0.2, 0) is 4.79 Å². The summed E-state index contributed by atoms with van der Waals surface area (Å²) in [6, 6.07) is 27.8. The van der Waals surface area contributed by atoms with Crippen molar-refractivity contribution in [3.63, 3.8) is 0 Å². The Bertz CT molecular complexity index is 1270. The van der Waals surface area contributed by atoms with Gasteiger partial charge in [-0.15, -0.1) is 0 Å². The molecule has 2 atom stereocenters. The van der Waals surface area contributed by atoms with Crippen LogP contribution in [0.15, 0.2) is 97.3 Å². The van der Waals surface area contributed by atoms with Crippen molar-refractivity contribution in [2.45, 2.75) is 19.0 Å². The molecule has 0 bridgehead atoms. The third-order valence-electron chi connectivity index (χ3n) is 5.68. The molecule has 1 aliphatic heterocycles. The highest BCUT2D eigenvalue weighted by Crippen LogP contribution is 2.42. The van der Waals surface area contributed by atoms with Crippen LogP contribution in [-0.4, -0.2) is 20.6 Å². The highest BCUT2D eigenvalue weighted by atomic mass is 32.1. The van der Waals surface area contributed by atoms with Crippen LogP contribution in [0.5, 0.6) is 0 Å². The van der Waals surface area contributed by atoms with Crippen LogP contribution in [0.25, 0.3) is 5.69 Å². The predicted octanol–water partition coefficient (Wildman–Crippen LogP) is 5.01. The van der Waals surface area contributed by atoms with Crippen molar-refractivity contribution in [2.24, 2.45) is 0 Å². The SMILES string of the molecule is CC(=O)Nc1ccc(N2C(=S)NC(c3ccccn3)C2c2cccn2-c2ccccc2)cc1. The van der Waals surface area contributed by atoms with Crippen LogP contribution < -0.4 is 15.5 Å². The second kappa shape index (κ2) is 8.88. The van der Waals surface area contributed by atoms with E-state index in [2.05, 4.69) is 55.5 Å². The topological polar surface area (TPSA) is 62.2 Å². The molecule has 0 radical (unpaired) electrons. The van der Waals surface area contributed by atoms with Gasteiger partial charge in [0.05, 0.1) is 11.7 Å². The zero-order chi connectivity index (χ0) is 22.8. The Kier molecular flexibility index (Phi) is 5.62. The number of thiocarbonyl (C=S) groups is 1. The Balaban J connectivity index is 1.61. The van der Waals surface area contributed by atoms with E-state index in [1.54, 1.807) is 6.20 Å². The second-order valence-corrected chi connectivity index (χ2v) is 8.25. The van der Waals surface area contributed by atoms with E-state index in [-0.39, 0.29) is 18.0 Å². The van der Waals surface area contributed by atoms with Gasteiger partial charge in [-0.3, -0.25) is 9.78 Å². The fourth-order valence-corrected chi connectivity index (χ4v) is 4.65. The minimum atomic E-state index is -0.133. The van der Waals surface area contributed by atoms with Crippen LogP contribution in [0, 0.1) is 0 Å². The van der Waals surface area contributed by atoms with Crippen molar-refractivity contribution in [1.29, 1.82) is 0 Å². The zero-order valence-corrected chi connectivity index (χ0v) is 18.9. The summed E-state index contributed by atoms with van der Waals surface area (Å²) in [4.78, 5) is 18.2. The normalized spacial score (nSPS) is 17.6. The molecule has 7 heteroatoms. The highest BCUT2D eigenvalue weighted by Gasteiger charge is 2.42. The van der Waals surface area contributed by atoms with E-state index in [0.29, 0.717) is 5.11 Å². The fourth-order valence-electron chi connectivity index (χ4n) is 4.30. The summed E-state index contributed by atoms with van der Waals surface area (Å²) in [5.74, 6) is -0.102. The number of rotatable bonds is 5. The second-order valence-electron chi connectivity index (χ2n) is 7.86. The average Bonchev–Trinajstić information content (AvgIpc) is 3.45. The molecule has 164 valence electrons. The standard InChI is InChI=1S/C26H23N5OS/c1-18(32)28-19-12-14-21(15-13-19)31-25(24(29-26(31)33)22-10-5-6-16-27-22)23-11-7-17-30(23)20-8-3-2-4-9-20/h2-17,24-25H,1H3,(H,28,32)(H,29,33). The molecule has 4 aromatic rings. The largest absolute Gasteiger partial charge is 0.351 e. The molecule has 1 aliphatic rings. The van der Waals surface area contributed by atoms with Gasteiger partial charge in [-0.25, -0.2) is 0 Å². The summed E-state index contributed by atoms with van der Waals surface area (Å²) in [6.45, 7) is 1.50. The lowest BCUT2D eigenvalue weighted by Crippen LogP contribution is -2.30. The number of amides is 1. The monoisotopic (exact) mass is 453 g/mol. The molecule has 2 aromatic heterocycles. The Hall–Kier alpha value is -3.97. The van der Waals surface area contributed by atoms with Gasteiger partial charge in [0.1, 0.15) is 6.04 Å². The number of aromatic nitrogens is 2. The molecule has 6 nitrogen and oxygen atoms in total. The summed E-state index contributed by atoms with van der Waals surface area (Å²) in [7, 11) is 0. The number of hydrogen-bond donors (Lipinski definition) is 2. The smallest absolute Gasteiger partial charge is 0.221 e. The minimum Gasteiger partial charge on any atom is -0.351 e. The van der Waals surface area contributed by atoms with Gasteiger partial charge in [-0.05, 0) is 72.9 Å².